The van der Waals surface area contributed by atoms with Crippen molar-refractivity contribution in [3.8, 4) is 0 Å². The van der Waals surface area contributed by atoms with Crippen LogP contribution in [0.4, 0.5) is 0 Å². The summed E-state index contributed by atoms with van der Waals surface area (Å²) in [5, 5.41) is 5.44. The predicted molar refractivity (Wildman–Crippen MR) is 78.7 cm³/mol. The summed E-state index contributed by atoms with van der Waals surface area (Å²) in [6.07, 6.45) is 4.01. The Kier molecular flexibility index (Phi) is 3.63. The molecule has 0 saturated carbocycles. The van der Waals surface area contributed by atoms with Crippen LogP contribution in [0.15, 0.2) is 23.2 Å². The van der Waals surface area contributed by atoms with Gasteiger partial charge in [-0.3, -0.25) is 9.69 Å². The van der Waals surface area contributed by atoms with Crippen LogP contribution >= 0.6 is 23.6 Å². The van der Waals surface area contributed by atoms with Gasteiger partial charge in [0.25, 0.3) is 5.91 Å². The molecule has 2 aliphatic rings. The van der Waals surface area contributed by atoms with Gasteiger partial charge in [0.1, 0.15) is 5.70 Å². The summed E-state index contributed by atoms with van der Waals surface area (Å²) in [6.45, 7) is 1.33. The van der Waals surface area contributed by atoms with Crippen LogP contribution in [-0.4, -0.2) is 35.2 Å². The number of rotatable bonds is 3. The van der Waals surface area contributed by atoms with Gasteiger partial charge in [0, 0.05) is 11.5 Å². The minimum Gasteiger partial charge on any atom is -0.376 e. The molecule has 2 aliphatic heterocycles. The normalized spacial score (nSPS) is 25.4. The fourth-order valence-electron chi connectivity index (χ4n) is 2.25. The van der Waals surface area contributed by atoms with Gasteiger partial charge < -0.3 is 10.1 Å². The average Bonchev–Trinajstić information content (AvgIpc) is 3.10. The zero-order chi connectivity index (χ0) is 13.2. The Morgan fingerprint density at radius 1 is 1.63 bits per heavy atom. The van der Waals surface area contributed by atoms with Gasteiger partial charge in [-0.15, -0.1) is 11.3 Å². The second-order valence-electron chi connectivity index (χ2n) is 4.55. The Bertz CT molecular complexity index is 519. The van der Waals surface area contributed by atoms with Crippen LogP contribution in [0.2, 0.25) is 0 Å². The van der Waals surface area contributed by atoms with E-state index in [-0.39, 0.29) is 12.0 Å². The number of amides is 1. The minimum atomic E-state index is -0.0612. The Balaban J connectivity index is 1.73. The zero-order valence-corrected chi connectivity index (χ0v) is 11.9. The summed E-state index contributed by atoms with van der Waals surface area (Å²) in [4.78, 5) is 14.9. The predicted octanol–water partition coefficient (Wildman–Crippen LogP) is 1.98. The lowest BCUT2D eigenvalue weighted by atomic mass is 10.2. The Hall–Kier alpha value is -1.24. The summed E-state index contributed by atoms with van der Waals surface area (Å²) >= 11 is 6.82. The van der Waals surface area contributed by atoms with Gasteiger partial charge in [-0.1, -0.05) is 6.07 Å². The van der Waals surface area contributed by atoms with E-state index in [0.29, 0.717) is 17.4 Å². The van der Waals surface area contributed by atoms with Gasteiger partial charge in [0.15, 0.2) is 5.11 Å². The highest BCUT2D eigenvalue weighted by Gasteiger charge is 2.33. The summed E-state index contributed by atoms with van der Waals surface area (Å²) in [5.74, 6) is -0.0612. The first kappa shape index (κ1) is 12.8. The van der Waals surface area contributed by atoms with Crippen molar-refractivity contribution < 1.29 is 9.53 Å². The first-order valence-corrected chi connectivity index (χ1v) is 7.52. The third-order valence-electron chi connectivity index (χ3n) is 3.20. The van der Waals surface area contributed by atoms with E-state index in [0.717, 1.165) is 24.3 Å². The molecule has 0 aliphatic carbocycles. The second kappa shape index (κ2) is 5.40. The largest absolute Gasteiger partial charge is 0.376 e. The molecule has 0 radical (unpaired) electrons. The van der Waals surface area contributed by atoms with Crippen molar-refractivity contribution in [2.24, 2.45) is 0 Å². The van der Waals surface area contributed by atoms with E-state index >= 15 is 0 Å². The standard InChI is InChI=1S/C13H14N2O2S2/c16-12-11(7-10-4-2-6-19-10)14-13(18)15(12)8-9-3-1-5-17-9/h2,4,6-7,9H,1,3,5,8H2,(H,14,18)/b11-7+/t9-/m1/s1. The highest BCUT2D eigenvalue weighted by atomic mass is 32.1. The van der Waals surface area contributed by atoms with Crippen LogP contribution in [0.1, 0.15) is 17.7 Å². The second-order valence-corrected chi connectivity index (χ2v) is 5.92. The molecule has 0 bridgehead atoms. The number of nitrogens with zero attached hydrogens (tertiary/aromatic N) is 1. The topological polar surface area (TPSA) is 41.6 Å². The van der Waals surface area contributed by atoms with Gasteiger partial charge in [-0.2, -0.15) is 0 Å². The number of hydrogen-bond donors (Lipinski definition) is 1. The molecule has 3 rings (SSSR count). The lowest BCUT2D eigenvalue weighted by Crippen LogP contribution is -2.37. The molecule has 100 valence electrons. The summed E-state index contributed by atoms with van der Waals surface area (Å²) in [6, 6.07) is 3.93. The molecule has 1 atom stereocenters. The third-order valence-corrected chi connectivity index (χ3v) is 4.34. The Morgan fingerprint density at radius 3 is 3.21 bits per heavy atom. The van der Waals surface area contributed by atoms with Gasteiger partial charge in [-0.25, -0.2) is 0 Å². The van der Waals surface area contributed by atoms with E-state index in [1.807, 2.05) is 23.6 Å². The molecule has 1 amide bonds. The van der Waals surface area contributed by atoms with Crippen molar-refractivity contribution >= 4 is 40.7 Å². The lowest BCUT2D eigenvalue weighted by Gasteiger charge is -2.18. The summed E-state index contributed by atoms with van der Waals surface area (Å²) in [7, 11) is 0. The maximum Gasteiger partial charge on any atom is 0.276 e. The zero-order valence-electron chi connectivity index (χ0n) is 10.3. The minimum absolute atomic E-state index is 0.0612. The fraction of sp³-hybridized carbons (Fsp3) is 0.385. The highest BCUT2D eigenvalue weighted by molar-refractivity contribution is 7.80. The van der Waals surface area contributed by atoms with E-state index in [2.05, 4.69) is 5.32 Å². The molecule has 1 aromatic rings. The molecular weight excluding hydrogens is 280 g/mol. The molecular formula is C13H14N2O2S2. The Labute approximate surface area is 121 Å². The van der Waals surface area contributed by atoms with Crippen molar-refractivity contribution in [2.75, 3.05) is 13.2 Å². The number of carbonyl (C=O) groups excluding carboxylic acids is 1. The van der Waals surface area contributed by atoms with Crippen LogP contribution in [-0.2, 0) is 9.53 Å². The number of thiophene rings is 1. The summed E-state index contributed by atoms with van der Waals surface area (Å²) < 4.78 is 5.55. The van der Waals surface area contributed by atoms with E-state index in [1.54, 1.807) is 16.2 Å². The first-order chi connectivity index (χ1) is 9.24. The molecule has 1 aromatic heterocycles. The van der Waals surface area contributed by atoms with E-state index in [4.69, 9.17) is 17.0 Å². The number of ether oxygens (including phenoxy) is 1. The monoisotopic (exact) mass is 294 g/mol. The van der Waals surface area contributed by atoms with Crippen LogP contribution in [0.3, 0.4) is 0 Å². The molecule has 2 fully saturated rings. The molecule has 0 unspecified atom stereocenters. The van der Waals surface area contributed by atoms with Gasteiger partial charge in [0.05, 0.1) is 12.6 Å². The molecule has 1 N–H and O–H groups in total. The SMILES string of the molecule is O=C1/C(=C\c2cccs2)NC(=S)N1C[C@H]1CCCO1. The van der Waals surface area contributed by atoms with Crippen LogP contribution in [0, 0.1) is 0 Å². The van der Waals surface area contributed by atoms with Crippen molar-refractivity contribution in [3.05, 3.63) is 28.1 Å². The molecule has 6 heteroatoms. The molecule has 4 nitrogen and oxygen atoms in total. The number of thiocarbonyl (C=S) groups is 1. The third kappa shape index (κ3) is 2.70. The average molecular weight is 294 g/mol. The first-order valence-electron chi connectivity index (χ1n) is 6.24. The van der Waals surface area contributed by atoms with E-state index in [9.17, 15) is 4.79 Å². The van der Waals surface area contributed by atoms with Gasteiger partial charge in [0.2, 0.25) is 0 Å². The lowest BCUT2D eigenvalue weighted by molar-refractivity contribution is -0.123. The van der Waals surface area contributed by atoms with Crippen molar-refractivity contribution in [1.29, 1.82) is 0 Å². The maximum absolute atomic E-state index is 12.3. The van der Waals surface area contributed by atoms with Crippen molar-refractivity contribution in [3.63, 3.8) is 0 Å². The molecule has 0 spiro atoms. The molecule has 3 heterocycles. The number of nitrogens with one attached hydrogen (secondary N) is 1. The smallest absolute Gasteiger partial charge is 0.276 e. The molecule has 0 aromatic carbocycles. The van der Waals surface area contributed by atoms with E-state index in [1.165, 1.54) is 0 Å². The van der Waals surface area contributed by atoms with Crippen LogP contribution in [0.5, 0.6) is 0 Å². The number of hydrogen-bond acceptors (Lipinski definition) is 4. The highest BCUT2D eigenvalue weighted by Crippen LogP contribution is 2.20. The van der Waals surface area contributed by atoms with Crippen molar-refractivity contribution in [2.45, 2.75) is 18.9 Å². The van der Waals surface area contributed by atoms with Gasteiger partial charge >= 0.3 is 0 Å². The quantitative estimate of drug-likeness (QED) is 0.684. The molecule has 2 saturated heterocycles. The number of carbonyl (C=O) groups is 1. The molecule has 19 heavy (non-hydrogen) atoms. The van der Waals surface area contributed by atoms with Crippen LogP contribution in [0.25, 0.3) is 6.08 Å². The summed E-state index contributed by atoms with van der Waals surface area (Å²) in [5.41, 5.74) is 0.547. The van der Waals surface area contributed by atoms with Gasteiger partial charge in [-0.05, 0) is 42.6 Å². The Morgan fingerprint density at radius 2 is 2.53 bits per heavy atom. The fourth-order valence-corrected chi connectivity index (χ4v) is 3.17. The van der Waals surface area contributed by atoms with Crippen LogP contribution < -0.4 is 5.32 Å². The van der Waals surface area contributed by atoms with E-state index < -0.39 is 0 Å². The maximum atomic E-state index is 12.3. The van der Waals surface area contributed by atoms with Crippen molar-refractivity contribution in [1.82, 2.24) is 10.2 Å².